The molecule has 0 aliphatic rings. The van der Waals surface area contributed by atoms with Crippen LogP contribution in [0.2, 0.25) is 0 Å². The summed E-state index contributed by atoms with van der Waals surface area (Å²) in [5.41, 5.74) is 0.861. The van der Waals surface area contributed by atoms with Crippen LogP contribution < -0.4 is 0 Å². The van der Waals surface area contributed by atoms with Gasteiger partial charge in [-0.05, 0) is 19.1 Å². The lowest BCUT2D eigenvalue weighted by Crippen LogP contribution is -2.33. The van der Waals surface area contributed by atoms with E-state index in [-0.39, 0.29) is 12.5 Å². The Morgan fingerprint density at radius 1 is 1.26 bits per heavy atom. The average molecular weight is 319 g/mol. The van der Waals surface area contributed by atoms with E-state index in [2.05, 4.69) is 10.2 Å². The molecule has 7 heteroatoms. The number of benzene rings is 1. The molecule has 23 heavy (non-hydrogen) atoms. The van der Waals surface area contributed by atoms with E-state index in [9.17, 15) is 4.79 Å². The summed E-state index contributed by atoms with van der Waals surface area (Å²) in [5, 5.41) is 8.09. The van der Waals surface area contributed by atoms with Crippen molar-refractivity contribution in [1.29, 1.82) is 0 Å². The Morgan fingerprint density at radius 2 is 2.04 bits per heavy atom. The molecular formula is C16H21N3O4. The monoisotopic (exact) mass is 319 g/mol. The van der Waals surface area contributed by atoms with Crippen LogP contribution in [0.15, 0.2) is 34.7 Å². The predicted molar refractivity (Wildman–Crippen MR) is 83.5 cm³/mol. The Bertz CT molecular complexity index is 600. The van der Waals surface area contributed by atoms with Crippen LogP contribution in [0.5, 0.6) is 0 Å². The third-order valence-electron chi connectivity index (χ3n) is 3.12. The maximum Gasteiger partial charge on any atom is 0.320 e. The first kappa shape index (κ1) is 17.1. The first-order valence-corrected chi connectivity index (χ1v) is 7.47. The average Bonchev–Trinajstić information content (AvgIpc) is 3.02. The Labute approximate surface area is 135 Å². The van der Waals surface area contributed by atoms with Gasteiger partial charge in [0, 0.05) is 19.2 Å². The van der Waals surface area contributed by atoms with Crippen molar-refractivity contribution in [3.63, 3.8) is 0 Å². The normalized spacial score (nSPS) is 10.9. The summed E-state index contributed by atoms with van der Waals surface area (Å²) in [6.07, 6.45) is 0. The van der Waals surface area contributed by atoms with E-state index in [0.717, 1.165) is 5.56 Å². The van der Waals surface area contributed by atoms with Crippen molar-refractivity contribution in [3.05, 3.63) is 36.2 Å². The Hall–Kier alpha value is -2.25. The lowest BCUT2D eigenvalue weighted by Gasteiger charge is -2.18. The van der Waals surface area contributed by atoms with Crippen LogP contribution in [-0.4, -0.2) is 54.5 Å². The van der Waals surface area contributed by atoms with Crippen LogP contribution in [-0.2, 0) is 20.8 Å². The minimum atomic E-state index is -0.286. The van der Waals surface area contributed by atoms with E-state index >= 15 is 0 Å². The number of carbonyl (C=O) groups is 1. The van der Waals surface area contributed by atoms with Crippen LogP contribution in [0.4, 0.5) is 0 Å². The molecule has 0 N–H and O–H groups in total. The molecule has 2 aromatic rings. The molecule has 124 valence electrons. The number of rotatable bonds is 9. The molecule has 0 unspecified atom stereocenters. The molecule has 0 aliphatic heterocycles. The van der Waals surface area contributed by atoms with Crippen molar-refractivity contribution >= 4 is 5.97 Å². The van der Waals surface area contributed by atoms with Crippen molar-refractivity contribution in [1.82, 2.24) is 15.1 Å². The molecule has 0 bridgehead atoms. The Kier molecular flexibility index (Phi) is 6.71. The molecular weight excluding hydrogens is 298 g/mol. The number of nitrogens with zero attached hydrogens (tertiary/aromatic N) is 3. The summed E-state index contributed by atoms with van der Waals surface area (Å²) in [7, 11) is 1.61. The summed E-state index contributed by atoms with van der Waals surface area (Å²) >= 11 is 0. The molecule has 0 saturated heterocycles. The van der Waals surface area contributed by atoms with E-state index in [4.69, 9.17) is 13.9 Å². The van der Waals surface area contributed by atoms with Gasteiger partial charge in [-0.3, -0.25) is 9.69 Å². The largest absolute Gasteiger partial charge is 0.465 e. The highest BCUT2D eigenvalue weighted by Crippen LogP contribution is 2.17. The number of aromatic nitrogens is 2. The Balaban J connectivity index is 2.01. The van der Waals surface area contributed by atoms with Crippen molar-refractivity contribution in [2.45, 2.75) is 13.5 Å². The topological polar surface area (TPSA) is 77.7 Å². The summed E-state index contributed by atoms with van der Waals surface area (Å²) in [5.74, 6) is 0.624. The summed E-state index contributed by atoms with van der Waals surface area (Å²) in [4.78, 5) is 13.5. The van der Waals surface area contributed by atoms with E-state index in [1.165, 1.54) is 0 Å². The van der Waals surface area contributed by atoms with Crippen LogP contribution in [0.3, 0.4) is 0 Å². The lowest BCUT2D eigenvalue weighted by molar-refractivity contribution is -0.144. The third-order valence-corrected chi connectivity index (χ3v) is 3.12. The fraction of sp³-hybridized carbons (Fsp3) is 0.438. The summed E-state index contributed by atoms with van der Waals surface area (Å²) in [6, 6.07) is 9.54. The standard InChI is InChI=1S/C16H21N3O4/c1-3-22-15(20)12-19(9-10-21-2)11-14-17-18-16(23-14)13-7-5-4-6-8-13/h4-8H,3,9-12H2,1-2H3. The molecule has 0 atom stereocenters. The lowest BCUT2D eigenvalue weighted by atomic mass is 10.2. The fourth-order valence-electron chi connectivity index (χ4n) is 2.03. The minimum Gasteiger partial charge on any atom is -0.465 e. The van der Waals surface area contributed by atoms with Crippen molar-refractivity contribution in [2.24, 2.45) is 0 Å². The van der Waals surface area contributed by atoms with Gasteiger partial charge in [-0.1, -0.05) is 18.2 Å². The molecule has 2 rings (SSSR count). The van der Waals surface area contributed by atoms with Crippen LogP contribution in [0.1, 0.15) is 12.8 Å². The van der Waals surface area contributed by atoms with Gasteiger partial charge in [-0.2, -0.15) is 0 Å². The third kappa shape index (κ3) is 5.46. The van der Waals surface area contributed by atoms with E-state index < -0.39 is 0 Å². The second-order valence-electron chi connectivity index (χ2n) is 4.88. The zero-order valence-corrected chi connectivity index (χ0v) is 13.4. The highest BCUT2D eigenvalue weighted by Gasteiger charge is 2.16. The van der Waals surface area contributed by atoms with Gasteiger partial charge in [0.05, 0.1) is 26.3 Å². The van der Waals surface area contributed by atoms with Gasteiger partial charge in [-0.15, -0.1) is 10.2 Å². The van der Waals surface area contributed by atoms with E-state index in [0.29, 0.717) is 38.1 Å². The molecule has 0 amide bonds. The van der Waals surface area contributed by atoms with Crippen molar-refractivity contribution < 1.29 is 18.7 Å². The molecule has 1 aromatic carbocycles. The van der Waals surface area contributed by atoms with Gasteiger partial charge in [0.15, 0.2) is 0 Å². The summed E-state index contributed by atoms with van der Waals surface area (Å²) in [6.45, 7) is 3.72. The first-order chi connectivity index (χ1) is 11.2. The number of esters is 1. The minimum absolute atomic E-state index is 0.153. The first-order valence-electron chi connectivity index (χ1n) is 7.47. The summed E-state index contributed by atoms with van der Waals surface area (Å²) < 4.78 is 15.7. The van der Waals surface area contributed by atoms with Gasteiger partial charge in [0.2, 0.25) is 11.8 Å². The van der Waals surface area contributed by atoms with Crippen molar-refractivity contribution in [3.8, 4) is 11.5 Å². The molecule has 0 saturated carbocycles. The number of carbonyl (C=O) groups excluding carboxylic acids is 1. The molecule has 0 spiro atoms. The second-order valence-corrected chi connectivity index (χ2v) is 4.88. The molecule has 1 heterocycles. The SMILES string of the molecule is CCOC(=O)CN(CCOC)Cc1nnc(-c2ccccc2)o1. The number of hydrogen-bond donors (Lipinski definition) is 0. The quantitative estimate of drug-likeness (QED) is 0.652. The van der Waals surface area contributed by atoms with Gasteiger partial charge in [0.25, 0.3) is 0 Å². The van der Waals surface area contributed by atoms with Gasteiger partial charge in [-0.25, -0.2) is 0 Å². The second kappa shape index (κ2) is 9.02. The molecule has 1 aromatic heterocycles. The fourth-order valence-corrected chi connectivity index (χ4v) is 2.03. The van der Waals surface area contributed by atoms with Crippen LogP contribution >= 0.6 is 0 Å². The Morgan fingerprint density at radius 3 is 2.74 bits per heavy atom. The highest BCUT2D eigenvalue weighted by atomic mass is 16.5. The predicted octanol–water partition coefficient (Wildman–Crippen LogP) is 1.75. The number of ether oxygens (including phenoxy) is 2. The van der Waals surface area contributed by atoms with Gasteiger partial charge in [0.1, 0.15) is 0 Å². The van der Waals surface area contributed by atoms with Crippen LogP contribution in [0, 0.1) is 0 Å². The number of hydrogen-bond acceptors (Lipinski definition) is 7. The molecule has 0 radical (unpaired) electrons. The maximum atomic E-state index is 11.7. The zero-order chi connectivity index (χ0) is 16.5. The maximum absolute atomic E-state index is 11.7. The van der Waals surface area contributed by atoms with E-state index in [1.54, 1.807) is 14.0 Å². The smallest absolute Gasteiger partial charge is 0.320 e. The number of methoxy groups -OCH3 is 1. The highest BCUT2D eigenvalue weighted by molar-refractivity contribution is 5.71. The van der Waals surface area contributed by atoms with E-state index in [1.807, 2.05) is 35.2 Å². The van der Waals surface area contributed by atoms with Crippen molar-refractivity contribution in [2.75, 3.05) is 33.4 Å². The van der Waals surface area contributed by atoms with Gasteiger partial charge >= 0.3 is 5.97 Å². The zero-order valence-electron chi connectivity index (χ0n) is 13.4. The molecule has 0 fully saturated rings. The molecule has 7 nitrogen and oxygen atoms in total. The van der Waals surface area contributed by atoms with Gasteiger partial charge < -0.3 is 13.9 Å². The molecule has 0 aliphatic carbocycles. The van der Waals surface area contributed by atoms with Crippen LogP contribution in [0.25, 0.3) is 11.5 Å².